The van der Waals surface area contributed by atoms with Crippen molar-refractivity contribution in [3.63, 3.8) is 0 Å². The summed E-state index contributed by atoms with van der Waals surface area (Å²) in [7, 11) is -3.07. The van der Waals surface area contributed by atoms with E-state index in [1.165, 1.54) is 0 Å². The fraction of sp³-hybridized carbons (Fsp3) is 0.571. The number of sulfone groups is 1. The standard InChI is InChI=1S/C14H22O5S/c1-3-9-20(16,17)10-8-19-14-12(11-15)6-5-7-13(14)18-4-2/h5-7,15H,3-4,8-11H2,1-2H3. The number of benzene rings is 1. The molecule has 0 heterocycles. The van der Waals surface area contributed by atoms with Gasteiger partial charge in [0.25, 0.3) is 0 Å². The minimum atomic E-state index is -3.07. The van der Waals surface area contributed by atoms with Crippen LogP contribution >= 0.6 is 0 Å². The van der Waals surface area contributed by atoms with Gasteiger partial charge in [-0.3, -0.25) is 0 Å². The lowest BCUT2D eigenvalue weighted by Gasteiger charge is -2.15. The van der Waals surface area contributed by atoms with Crippen LogP contribution in [0.1, 0.15) is 25.8 Å². The summed E-state index contributed by atoms with van der Waals surface area (Å²) in [5.74, 6) is 1.07. The minimum Gasteiger partial charge on any atom is -0.490 e. The molecule has 0 aromatic heterocycles. The second-order valence-electron chi connectivity index (χ2n) is 4.34. The smallest absolute Gasteiger partial charge is 0.166 e. The van der Waals surface area contributed by atoms with E-state index in [0.29, 0.717) is 30.1 Å². The molecule has 0 spiro atoms. The molecule has 5 nitrogen and oxygen atoms in total. The van der Waals surface area contributed by atoms with Crippen molar-refractivity contribution < 1.29 is 23.0 Å². The Balaban J connectivity index is 2.75. The molecule has 0 saturated carbocycles. The molecule has 0 atom stereocenters. The number of hydrogen-bond acceptors (Lipinski definition) is 5. The molecular formula is C14H22O5S. The molecule has 114 valence electrons. The van der Waals surface area contributed by atoms with Crippen molar-refractivity contribution >= 4 is 9.84 Å². The van der Waals surface area contributed by atoms with Crippen molar-refractivity contribution in [1.82, 2.24) is 0 Å². The third-order valence-electron chi connectivity index (χ3n) is 2.69. The van der Waals surface area contributed by atoms with E-state index in [0.717, 1.165) is 0 Å². The minimum absolute atomic E-state index is 0.0355. The molecule has 0 unspecified atom stereocenters. The third kappa shape index (κ3) is 5.02. The molecule has 0 amide bonds. The summed E-state index contributed by atoms with van der Waals surface area (Å²) >= 11 is 0. The predicted molar refractivity (Wildman–Crippen MR) is 78.0 cm³/mol. The van der Waals surface area contributed by atoms with Crippen LogP contribution in [-0.4, -0.2) is 38.2 Å². The van der Waals surface area contributed by atoms with E-state index in [-0.39, 0.29) is 24.7 Å². The molecule has 1 aromatic rings. The van der Waals surface area contributed by atoms with Crippen LogP contribution < -0.4 is 9.47 Å². The van der Waals surface area contributed by atoms with Gasteiger partial charge in [-0.15, -0.1) is 0 Å². The maximum absolute atomic E-state index is 11.6. The molecule has 0 saturated heterocycles. The quantitative estimate of drug-likeness (QED) is 0.753. The van der Waals surface area contributed by atoms with Crippen molar-refractivity contribution in [3.05, 3.63) is 23.8 Å². The van der Waals surface area contributed by atoms with E-state index in [4.69, 9.17) is 9.47 Å². The van der Waals surface area contributed by atoms with Crippen molar-refractivity contribution in [2.75, 3.05) is 24.7 Å². The number of hydrogen-bond donors (Lipinski definition) is 1. The first-order valence-corrected chi connectivity index (χ1v) is 8.55. The average Bonchev–Trinajstić information content (AvgIpc) is 2.40. The van der Waals surface area contributed by atoms with Crippen LogP contribution in [0.4, 0.5) is 0 Å². The van der Waals surface area contributed by atoms with Gasteiger partial charge in [-0.05, 0) is 19.4 Å². The Morgan fingerprint density at radius 2 is 1.90 bits per heavy atom. The fourth-order valence-electron chi connectivity index (χ4n) is 1.80. The van der Waals surface area contributed by atoms with Crippen LogP contribution in [-0.2, 0) is 16.4 Å². The highest BCUT2D eigenvalue weighted by molar-refractivity contribution is 7.91. The molecule has 1 N–H and O–H groups in total. The highest BCUT2D eigenvalue weighted by atomic mass is 32.2. The van der Waals surface area contributed by atoms with Gasteiger partial charge in [-0.2, -0.15) is 0 Å². The van der Waals surface area contributed by atoms with E-state index in [2.05, 4.69) is 0 Å². The molecule has 0 radical (unpaired) electrons. The Morgan fingerprint density at radius 1 is 1.15 bits per heavy atom. The summed E-state index contributed by atoms with van der Waals surface area (Å²) in [6.07, 6.45) is 0.597. The lowest BCUT2D eigenvalue weighted by molar-refractivity contribution is 0.254. The van der Waals surface area contributed by atoms with E-state index in [1.807, 2.05) is 13.8 Å². The van der Waals surface area contributed by atoms with E-state index >= 15 is 0 Å². The SMILES string of the molecule is CCCS(=O)(=O)CCOc1c(CO)cccc1OCC. The Morgan fingerprint density at radius 3 is 2.50 bits per heavy atom. The Bertz CT molecular complexity index is 510. The van der Waals surface area contributed by atoms with Gasteiger partial charge in [0.15, 0.2) is 21.3 Å². The second-order valence-corrected chi connectivity index (χ2v) is 6.64. The Hall–Kier alpha value is -1.27. The van der Waals surface area contributed by atoms with Crippen molar-refractivity contribution in [1.29, 1.82) is 0 Å². The molecule has 0 bridgehead atoms. The van der Waals surface area contributed by atoms with Crippen molar-refractivity contribution in [2.24, 2.45) is 0 Å². The highest BCUT2D eigenvalue weighted by Crippen LogP contribution is 2.31. The summed E-state index contributed by atoms with van der Waals surface area (Å²) in [5.41, 5.74) is 0.587. The van der Waals surface area contributed by atoms with Crippen LogP contribution in [0.2, 0.25) is 0 Å². The lowest BCUT2D eigenvalue weighted by Crippen LogP contribution is -2.17. The topological polar surface area (TPSA) is 72.8 Å². The van der Waals surface area contributed by atoms with Gasteiger partial charge in [0.05, 0.1) is 24.7 Å². The first kappa shape index (κ1) is 16.8. The predicted octanol–water partition coefficient (Wildman–Crippen LogP) is 1.78. The monoisotopic (exact) mass is 302 g/mol. The van der Waals surface area contributed by atoms with Gasteiger partial charge < -0.3 is 14.6 Å². The molecule has 0 aliphatic heterocycles. The van der Waals surface area contributed by atoms with Gasteiger partial charge in [-0.25, -0.2) is 8.42 Å². The molecule has 6 heteroatoms. The van der Waals surface area contributed by atoms with Crippen molar-refractivity contribution in [3.8, 4) is 11.5 Å². The summed E-state index contributed by atoms with van der Waals surface area (Å²) in [6, 6.07) is 5.22. The third-order valence-corrected chi connectivity index (χ3v) is 4.51. The van der Waals surface area contributed by atoms with Crippen LogP contribution in [0.15, 0.2) is 18.2 Å². The fourth-order valence-corrected chi connectivity index (χ4v) is 2.97. The molecular weight excluding hydrogens is 280 g/mol. The lowest BCUT2D eigenvalue weighted by atomic mass is 10.2. The van der Waals surface area contributed by atoms with Gasteiger partial charge in [0, 0.05) is 5.56 Å². The maximum atomic E-state index is 11.6. The number of aliphatic hydroxyl groups excluding tert-OH is 1. The van der Waals surface area contributed by atoms with Crippen LogP contribution in [0.5, 0.6) is 11.5 Å². The average molecular weight is 302 g/mol. The normalized spacial score (nSPS) is 11.3. The van der Waals surface area contributed by atoms with Crippen LogP contribution in [0, 0.1) is 0 Å². The highest BCUT2D eigenvalue weighted by Gasteiger charge is 2.13. The zero-order valence-electron chi connectivity index (χ0n) is 12.0. The number of ether oxygens (including phenoxy) is 2. The summed E-state index contributed by atoms with van der Waals surface area (Å²) in [5, 5.41) is 9.30. The number of rotatable bonds is 9. The first-order chi connectivity index (χ1) is 9.54. The molecule has 0 aliphatic carbocycles. The first-order valence-electron chi connectivity index (χ1n) is 6.72. The van der Waals surface area contributed by atoms with Crippen LogP contribution in [0.3, 0.4) is 0 Å². The number of para-hydroxylation sites is 1. The molecule has 1 aromatic carbocycles. The summed E-state index contributed by atoms with van der Waals surface area (Å²) in [6.45, 7) is 4.02. The largest absolute Gasteiger partial charge is 0.490 e. The molecule has 1 rings (SSSR count). The zero-order valence-corrected chi connectivity index (χ0v) is 12.8. The molecule has 0 fully saturated rings. The molecule has 0 aliphatic rings. The Kier molecular flexibility index (Phi) is 6.81. The van der Waals surface area contributed by atoms with Gasteiger partial charge in [0.2, 0.25) is 0 Å². The summed E-state index contributed by atoms with van der Waals surface area (Å²) < 4.78 is 34.2. The van der Waals surface area contributed by atoms with Gasteiger partial charge in [-0.1, -0.05) is 19.1 Å². The van der Waals surface area contributed by atoms with Crippen LogP contribution in [0.25, 0.3) is 0 Å². The van der Waals surface area contributed by atoms with E-state index in [9.17, 15) is 13.5 Å². The van der Waals surface area contributed by atoms with Crippen molar-refractivity contribution in [2.45, 2.75) is 26.9 Å². The maximum Gasteiger partial charge on any atom is 0.166 e. The summed E-state index contributed by atoms with van der Waals surface area (Å²) in [4.78, 5) is 0. The zero-order chi connectivity index (χ0) is 15.0. The Labute approximate surface area is 120 Å². The molecule has 20 heavy (non-hydrogen) atoms. The van der Waals surface area contributed by atoms with Gasteiger partial charge >= 0.3 is 0 Å². The second kappa shape index (κ2) is 8.11. The number of aliphatic hydroxyl groups is 1. The van der Waals surface area contributed by atoms with E-state index < -0.39 is 9.84 Å². The van der Waals surface area contributed by atoms with Gasteiger partial charge in [0.1, 0.15) is 6.61 Å². The van der Waals surface area contributed by atoms with E-state index in [1.54, 1.807) is 18.2 Å².